The molecule has 110 valence electrons. The highest BCUT2D eigenvalue weighted by Crippen LogP contribution is 2.06. The average Bonchev–Trinajstić information content (AvgIpc) is 2.96. The molecule has 0 atom stereocenters. The molecule has 0 radical (unpaired) electrons. The number of rotatable bonds is 6. The number of hydrogen-bond donors (Lipinski definition) is 2. The van der Waals surface area contributed by atoms with E-state index in [4.69, 9.17) is 5.11 Å². The second kappa shape index (κ2) is 6.65. The predicted molar refractivity (Wildman–Crippen MR) is 75.1 cm³/mol. The summed E-state index contributed by atoms with van der Waals surface area (Å²) in [6, 6.07) is 4.65. The molecule has 2 aromatic rings. The minimum absolute atomic E-state index is 0.102. The number of carboxylic acid groups (broad SMARTS) is 1. The predicted octanol–water partition coefficient (Wildman–Crippen LogP) is 1.10. The molecule has 2 aromatic heterocycles. The zero-order chi connectivity index (χ0) is 15.2. The van der Waals surface area contributed by atoms with E-state index in [1.165, 1.54) is 12.1 Å². The largest absolute Gasteiger partial charge is 0.478 e. The van der Waals surface area contributed by atoms with Crippen LogP contribution in [0.25, 0.3) is 0 Å². The van der Waals surface area contributed by atoms with Crippen LogP contribution in [-0.2, 0) is 6.54 Å². The molecule has 7 heteroatoms. The Morgan fingerprint density at radius 1 is 1.38 bits per heavy atom. The van der Waals surface area contributed by atoms with Gasteiger partial charge in [-0.2, -0.15) is 5.10 Å². The summed E-state index contributed by atoms with van der Waals surface area (Å²) in [5.41, 5.74) is 0.647. The van der Waals surface area contributed by atoms with Crippen molar-refractivity contribution in [2.24, 2.45) is 0 Å². The quantitative estimate of drug-likeness (QED) is 0.776. The number of aryl methyl sites for hydroxylation is 2. The van der Waals surface area contributed by atoms with Crippen LogP contribution in [0.4, 0.5) is 0 Å². The van der Waals surface area contributed by atoms with Gasteiger partial charge < -0.3 is 10.4 Å². The average molecular weight is 288 g/mol. The first kappa shape index (κ1) is 14.7. The molecule has 0 unspecified atom stereocenters. The Labute approximate surface area is 121 Å². The van der Waals surface area contributed by atoms with Gasteiger partial charge in [-0.3, -0.25) is 9.48 Å². The normalized spacial score (nSPS) is 10.3. The number of hydrogen-bond acceptors (Lipinski definition) is 4. The first-order chi connectivity index (χ1) is 10.1. The van der Waals surface area contributed by atoms with Crippen molar-refractivity contribution >= 4 is 11.9 Å². The van der Waals surface area contributed by atoms with Crippen molar-refractivity contribution < 1.29 is 14.7 Å². The number of aromatic carboxylic acids is 1. The lowest BCUT2D eigenvalue weighted by Crippen LogP contribution is -2.26. The fourth-order valence-corrected chi connectivity index (χ4v) is 1.88. The molecule has 2 heterocycles. The summed E-state index contributed by atoms with van der Waals surface area (Å²) in [5.74, 6) is -1.36. The van der Waals surface area contributed by atoms with Crippen molar-refractivity contribution in [3.05, 3.63) is 47.5 Å². The zero-order valence-corrected chi connectivity index (χ0v) is 11.6. The number of amides is 1. The molecule has 0 aliphatic heterocycles. The Bertz CT molecular complexity index is 638. The summed E-state index contributed by atoms with van der Waals surface area (Å²) in [7, 11) is 0. The van der Waals surface area contributed by atoms with E-state index >= 15 is 0 Å². The Kier molecular flexibility index (Phi) is 4.65. The molecule has 21 heavy (non-hydrogen) atoms. The van der Waals surface area contributed by atoms with Crippen LogP contribution in [0.5, 0.6) is 0 Å². The number of nitrogens with one attached hydrogen (secondary N) is 1. The third-order valence-corrected chi connectivity index (χ3v) is 2.96. The summed E-state index contributed by atoms with van der Waals surface area (Å²) in [5, 5.41) is 15.7. The fourth-order valence-electron chi connectivity index (χ4n) is 1.88. The maximum atomic E-state index is 11.9. The smallest absolute Gasteiger partial charge is 0.337 e. The monoisotopic (exact) mass is 288 g/mol. The van der Waals surface area contributed by atoms with Gasteiger partial charge in [0.15, 0.2) is 0 Å². The number of carbonyl (C=O) groups excluding carboxylic acids is 1. The third kappa shape index (κ3) is 3.88. The van der Waals surface area contributed by atoms with E-state index in [0.29, 0.717) is 12.2 Å². The van der Waals surface area contributed by atoms with Gasteiger partial charge >= 0.3 is 5.97 Å². The van der Waals surface area contributed by atoms with Gasteiger partial charge in [-0.1, -0.05) is 0 Å². The van der Waals surface area contributed by atoms with Crippen molar-refractivity contribution in [3.63, 3.8) is 0 Å². The molecule has 0 fully saturated rings. The summed E-state index contributed by atoms with van der Waals surface area (Å²) in [6.07, 6.45) is 4.31. The minimum atomic E-state index is -1.05. The van der Waals surface area contributed by atoms with E-state index in [1.54, 1.807) is 17.8 Å². The molecule has 0 aliphatic carbocycles. The van der Waals surface area contributed by atoms with Gasteiger partial charge in [0.25, 0.3) is 5.91 Å². The highest BCUT2D eigenvalue weighted by molar-refractivity contribution is 5.94. The van der Waals surface area contributed by atoms with Crippen molar-refractivity contribution in [1.29, 1.82) is 0 Å². The lowest BCUT2D eigenvalue weighted by molar-refractivity contribution is 0.0694. The van der Waals surface area contributed by atoms with Gasteiger partial charge in [-0.15, -0.1) is 0 Å². The van der Waals surface area contributed by atoms with E-state index in [1.807, 2.05) is 12.3 Å². The molecular weight excluding hydrogens is 272 g/mol. The van der Waals surface area contributed by atoms with E-state index in [0.717, 1.165) is 13.0 Å². The van der Waals surface area contributed by atoms with Crippen LogP contribution in [0, 0.1) is 6.92 Å². The Hall–Kier alpha value is -2.70. The van der Waals surface area contributed by atoms with E-state index in [9.17, 15) is 9.59 Å². The molecular formula is C14H16N4O3. The topological polar surface area (TPSA) is 97.1 Å². The lowest BCUT2D eigenvalue weighted by Gasteiger charge is -2.06. The van der Waals surface area contributed by atoms with Gasteiger partial charge in [0.05, 0.1) is 11.3 Å². The molecule has 0 saturated carbocycles. The van der Waals surface area contributed by atoms with Crippen LogP contribution in [0.2, 0.25) is 0 Å². The van der Waals surface area contributed by atoms with Crippen molar-refractivity contribution in [1.82, 2.24) is 20.1 Å². The fraction of sp³-hybridized carbons (Fsp3) is 0.286. The molecule has 0 bridgehead atoms. The standard InChI is InChI=1S/C14H16N4O3/c1-10-11(14(20)21)4-5-12(17-10)13(19)15-6-2-8-18-9-3-7-16-18/h3-5,7,9H,2,6,8H2,1H3,(H,15,19)(H,20,21). The molecule has 1 amide bonds. The van der Waals surface area contributed by atoms with Crippen LogP contribution in [-0.4, -0.2) is 38.3 Å². The minimum Gasteiger partial charge on any atom is -0.478 e. The van der Waals surface area contributed by atoms with Crippen LogP contribution in [0.15, 0.2) is 30.6 Å². The number of pyridine rings is 1. The van der Waals surface area contributed by atoms with Crippen molar-refractivity contribution in [2.75, 3.05) is 6.54 Å². The Morgan fingerprint density at radius 2 is 2.19 bits per heavy atom. The summed E-state index contributed by atoms with van der Waals surface area (Å²) >= 11 is 0. The lowest BCUT2D eigenvalue weighted by atomic mass is 10.2. The molecule has 7 nitrogen and oxygen atoms in total. The van der Waals surface area contributed by atoms with E-state index < -0.39 is 5.97 Å². The van der Waals surface area contributed by atoms with Gasteiger partial charge in [0, 0.05) is 25.5 Å². The highest BCUT2D eigenvalue weighted by Gasteiger charge is 2.12. The van der Waals surface area contributed by atoms with Gasteiger partial charge in [-0.05, 0) is 31.5 Å². The van der Waals surface area contributed by atoms with Crippen LogP contribution in [0.1, 0.15) is 33.0 Å². The van der Waals surface area contributed by atoms with Crippen LogP contribution in [0.3, 0.4) is 0 Å². The second-order valence-electron chi connectivity index (χ2n) is 4.51. The van der Waals surface area contributed by atoms with Gasteiger partial charge in [0.1, 0.15) is 5.69 Å². The molecule has 2 rings (SSSR count). The first-order valence-corrected chi connectivity index (χ1v) is 6.54. The first-order valence-electron chi connectivity index (χ1n) is 6.54. The second-order valence-corrected chi connectivity index (χ2v) is 4.51. The van der Waals surface area contributed by atoms with E-state index in [2.05, 4.69) is 15.4 Å². The SMILES string of the molecule is Cc1nc(C(=O)NCCCn2cccn2)ccc1C(=O)O. The number of carboxylic acids is 1. The molecule has 0 aromatic carbocycles. The van der Waals surface area contributed by atoms with Crippen molar-refractivity contribution in [3.8, 4) is 0 Å². The number of carbonyl (C=O) groups is 2. The summed E-state index contributed by atoms with van der Waals surface area (Å²) in [4.78, 5) is 26.8. The summed E-state index contributed by atoms with van der Waals surface area (Å²) in [6.45, 7) is 2.79. The number of nitrogens with zero attached hydrogens (tertiary/aromatic N) is 3. The number of aromatic nitrogens is 3. The van der Waals surface area contributed by atoms with Crippen LogP contribution < -0.4 is 5.32 Å². The summed E-state index contributed by atoms with van der Waals surface area (Å²) < 4.78 is 1.79. The zero-order valence-electron chi connectivity index (χ0n) is 11.6. The molecule has 0 aliphatic rings. The maximum Gasteiger partial charge on any atom is 0.337 e. The molecule has 2 N–H and O–H groups in total. The van der Waals surface area contributed by atoms with Gasteiger partial charge in [0.2, 0.25) is 0 Å². The molecule has 0 spiro atoms. The Morgan fingerprint density at radius 3 is 2.81 bits per heavy atom. The van der Waals surface area contributed by atoms with Gasteiger partial charge in [-0.25, -0.2) is 9.78 Å². The maximum absolute atomic E-state index is 11.9. The highest BCUT2D eigenvalue weighted by atomic mass is 16.4. The van der Waals surface area contributed by atoms with Crippen LogP contribution >= 0.6 is 0 Å². The third-order valence-electron chi connectivity index (χ3n) is 2.96. The molecule has 0 saturated heterocycles. The Balaban J connectivity index is 1.85. The van der Waals surface area contributed by atoms with Crippen molar-refractivity contribution in [2.45, 2.75) is 19.9 Å². The van der Waals surface area contributed by atoms with E-state index in [-0.39, 0.29) is 17.2 Å².